The van der Waals surface area contributed by atoms with Crippen molar-refractivity contribution in [2.75, 3.05) is 6.54 Å². The van der Waals surface area contributed by atoms with E-state index in [9.17, 15) is 5.11 Å². The van der Waals surface area contributed by atoms with Crippen molar-refractivity contribution < 1.29 is 5.11 Å². The predicted octanol–water partition coefficient (Wildman–Crippen LogP) is 2.35. The van der Waals surface area contributed by atoms with E-state index in [1.54, 1.807) is 6.92 Å². The van der Waals surface area contributed by atoms with Crippen LogP contribution in [0.15, 0.2) is 30.3 Å². The summed E-state index contributed by atoms with van der Waals surface area (Å²) in [7, 11) is 0. The fourth-order valence-corrected chi connectivity index (χ4v) is 1.70. The Kier molecular flexibility index (Phi) is 4.79. The topological polar surface area (TPSA) is 32.3 Å². The average Bonchev–Trinajstić information content (AvgIpc) is 2.18. The van der Waals surface area contributed by atoms with Gasteiger partial charge in [-0.15, -0.1) is 0 Å². The maximum absolute atomic E-state index is 9.27. The fraction of sp³-hybridized carbons (Fsp3) is 0.538. The van der Waals surface area contributed by atoms with Crippen LogP contribution >= 0.6 is 0 Å². The van der Waals surface area contributed by atoms with Gasteiger partial charge < -0.3 is 10.4 Å². The van der Waals surface area contributed by atoms with E-state index in [4.69, 9.17) is 0 Å². The summed E-state index contributed by atoms with van der Waals surface area (Å²) in [6.45, 7) is 6.81. The van der Waals surface area contributed by atoms with Crippen molar-refractivity contribution in [3.05, 3.63) is 35.9 Å². The standard InChI is InChI=1S/C13H21NO/c1-10(2)13(14-9-11(3)15)12-7-5-4-6-8-12/h4-8,10-11,13-15H,9H2,1-3H3/t11-,13?/m0/s1. The van der Waals surface area contributed by atoms with Gasteiger partial charge in [-0.1, -0.05) is 44.2 Å². The Labute approximate surface area is 92.3 Å². The highest BCUT2D eigenvalue weighted by Gasteiger charge is 2.14. The van der Waals surface area contributed by atoms with Gasteiger partial charge >= 0.3 is 0 Å². The van der Waals surface area contributed by atoms with Crippen molar-refractivity contribution in [3.8, 4) is 0 Å². The molecule has 0 spiro atoms. The van der Waals surface area contributed by atoms with E-state index in [-0.39, 0.29) is 6.10 Å². The quantitative estimate of drug-likeness (QED) is 0.777. The van der Waals surface area contributed by atoms with Gasteiger partial charge in [-0.2, -0.15) is 0 Å². The fourth-order valence-electron chi connectivity index (χ4n) is 1.70. The van der Waals surface area contributed by atoms with Crippen LogP contribution in [0.5, 0.6) is 0 Å². The molecule has 15 heavy (non-hydrogen) atoms. The third kappa shape index (κ3) is 4.02. The Morgan fingerprint density at radius 2 is 1.73 bits per heavy atom. The smallest absolute Gasteiger partial charge is 0.0636 e. The van der Waals surface area contributed by atoms with E-state index >= 15 is 0 Å². The summed E-state index contributed by atoms with van der Waals surface area (Å²) in [6.07, 6.45) is -0.296. The van der Waals surface area contributed by atoms with Gasteiger partial charge in [-0.3, -0.25) is 0 Å². The lowest BCUT2D eigenvalue weighted by atomic mass is 9.96. The molecule has 0 bridgehead atoms. The minimum absolute atomic E-state index is 0.296. The normalized spacial score (nSPS) is 15.3. The van der Waals surface area contributed by atoms with Crippen molar-refractivity contribution in [1.82, 2.24) is 5.32 Å². The summed E-state index contributed by atoms with van der Waals surface area (Å²) in [5.74, 6) is 0.520. The largest absolute Gasteiger partial charge is 0.392 e. The number of hydrogen-bond donors (Lipinski definition) is 2. The summed E-state index contributed by atoms with van der Waals surface area (Å²) in [6, 6.07) is 10.7. The molecule has 84 valence electrons. The summed E-state index contributed by atoms with van der Waals surface area (Å²) in [5, 5.41) is 12.7. The van der Waals surface area contributed by atoms with E-state index in [0.717, 1.165) is 0 Å². The van der Waals surface area contributed by atoms with E-state index < -0.39 is 0 Å². The zero-order valence-corrected chi connectivity index (χ0v) is 9.77. The lowest BCUT2D eigenvalue weighted by Gasteiger charge is -2.23. The Morgan fingerprint density at radius 3 is 2.20 bits per heavy atom. The van der Waals surface area contributed by atoms with E-state index in [1.165, 1.54) is 5.56 Å². The second kappa shape index (κ2) is 5.89. The number of benzene rings is 1. The number of aliphatic hydroxyl groups excluding tert-OH is 1. The molecule has 1 aromatic rings. The zero-order valence-electron chi connectivity index (χ0n) is 9.77. The van der Waals surface area contributed by atoms with Crippen molar-refractivity contribution >= 4 is 0 Å². The third-order valence-corrected chi connectivity index (χ3v) is 2.46. The minimum Gasteiger partial charge on any atom is -0.392 e. The second-order valence-corrected chi connectivity index (χ2v) is 4.39. The first-order chi connectivity index (χ1) is 7.11. The molecule has 2 heteroatoms. The molecule has 0 amide bonds. The van der Waals surface area contributed by atoms with Crippen LogP contribution in [0.3, 0.4) is 0 Å². The van der Waals surface area contributed by atoms with Crippen LogP contribution in [-0.4, -0.2) is 17.8 Å². The molecule has 0 saturated carbocycles. The maximum atomic E-state index is 9.27. The van der Waals surface area contributed by atoms with Gasteiger partial charge in [0.25, 0.3) is 0 Å². The third-order valence-electron chi connectivity index (χ3n) is 2.46. The van der Waals surface area contributed by atoms with Crippen molar-refractivity contribution in [3.63, 3.8) is 0 Å². The first-order valence-electron chi connectivity index (χ1n) is 5.57. The molecule has 0 fully saturated rings. The summed E-state index contributed by atoms with van der Waals surface area (Å²) in [5.41, 5.74) is 1.29. The molecule has 2 nitrogen and oxygen atoms in total. The molecule has 0 saturated heterocycles. The van der Waals surface area contributed by atoms with Gasteiger partial charge in [0.2, 0.25) is 0 Å². The molecule has 1 unspecified atom stereocenters. The Balaban J connectivity index is 2.66. The van der Waals surface area contributed by atoms with Crippen LogP contribution in [0.1, 0.15) is 32.4 Å². The number of rotatable bonds is 5. The molecule has 1 rings (SSSR count). The molecule has 0 heterocycles. The Bertz CT molecular complexity index is 269. The van der Waals surface area contributed by atoms with E-state index in [0.29, 0.717) is 18.5 Å². The van der Waals surface area contributed by atoms with Crippen molar-refractivity contribution in [2.45, 2.75) is 32.9 Å². The molecule has 0 aliphatic heterocycles. The first kappa shape index (κ1) is 12.2. The van der Waals surface area contributed by atoms with Gasteiger partial charge in [-0.05, 0) is 18.4 Å². The van der Waals surface area contributed by atoms with Gasteiger partial charge in [-0.25, -0.2) is 0 Å². The second-order valence-electron chi connectivity index (χ2n) is 4.39. The van der Waals surface area contributed by atoms with Crippen LogP contribution in [0.4, 0.5) is 0 Å². The maximum Gasteiger partial charge on any atom is 0.0636 e. The van der Waals surface area contributed by atoms with Crippen LogP contribution in [0.2, 0.25) is 0 Å². The molecule has 2 N–H and O–H groups in total. The molecular formula is C13H21NO. The van der Waals surface area contributed by atoms with Crippen molar-refractivity contribution in [2.24, 2.45) is 5.92 Å². The monoisotopic (exact) mass is 207 g/mol. The van der Waals surface area contributed by atoms with Crippen LogP contribution in [0.25, 0.3) is 0 Å². The average molecular weight is 207 g/mol. The SMILES string of the molecule is CC(C)C(NC[C@H](C)O)c1ccccc1. The van der Waals surface area contributed by atoms with Crippen molar-refractivity contribution in [1.29, 1.82) is 0 Å². The van der Waals surface area contributed by atoms with Gasteiger partial charge in [0.1, 0.15) is 0 Å². The molecule has 1 aromatic carbocycles. The summed E-state index contributed by atoms with van der Waals surface area (Å²) in [4.78, 5) is 0. The molecule has 2 atom stereocenters. The van der Waals surface area contributed by atoms with Gasteiger partial charge in [0, 0.05) is 12.6 Å². The van der Waals surface area contributed by atoms with Crippen LogP contribution < -0.4 is 5.32 Å². The lowest BCUT2D eigenvalue weighted by molar-refractivity contribution is 0.181. The highest BCUT2D eigenvalue weighted by molar-refractivity contribution is 5.19. The molecule has 0 radical (unpaired) electrons. The number of hydrogen-bond acceptors (Lipinski definition) is 2. The van der Waals surface area contributed by atoms with Gasteiger partial charge in [0.15, 0.2) is 0 Å². The van der Waals surface area contributed by atoms with Gasteiger partial charge in [0.05, 0.1) is 6.10 Å². The Morgan fingerprint density at radius 1 is 1.13 bits per heavy atom. The number of aliphatic hydroxyl groups is 1. The lowest BCUT2D eigenvalue weighted by Crippen LogP contribution is -2.31. The summed E-state index contributed by atoms with van der Waals surface area (Å²) < 4.78 is 0. The molecular weight excluding hydrogens is 186 g/mol. The summed E-state index contributed by atoms with van der Waals surface area (Å²) >= 11 is 0. The molecule has 0 aliphatic carbocycles. The highest BCUT2D eigenvalue weighted by Crippen LogP contribution is 2.20. The predicted molar refractivity (Wildman–Crippen MR) is 63.7 cm³/mol. The molecule has 0 aliphatic rings. The van der Waals surface area contributed by atoms with E-state index in [2.05, 4.69) is 43.4 Å². The molecule has 0 aromatic heterocycles. The van der Waals surface area contributed by atoms with E-state index in [1.807, 2.05) is 6.07 Å². The highest BCUT2D eigenvalue weighted by atomic mass is 16.3. The zero-order chi connectivity index (χ0) is 11.3. The first-order valence-corrected chi connectivity index (χ1v) is 5.57. The van der Waals surface area contributed by atoms with Crippen LogP contribution in [-0.2, 0) is 0 Å². The Hall–Kier alpha value is -0.860. The van der Waals surface area contributed by atoms with Crippen LogP contribution in [0, 0.1) is 5.92 Å². The minimum atomic E-state index is -0.296. The number of nitrogens with one attached hydrogen (secondary N) is 1.